The van der Waals surface area contributed by atoms with E-state index in [4.69, 9.17) is 4.74 Å². The Hall–Kier alpha value is -1.76. The maximum absolute atomic E-state index is 5.91. The molecule has 128 valence electrons. The topological polar surface area (TPSA) is 55.2 Å². The zero-order valence-corrected chi connectivity index (χ0v) is 14.2. The minimum absolute atomic E-state index is 0.292. The van der Waals surface area contributed by atoms with E-state index in [1.807, 2.05) is 36.3 Å². The SMILES string of the molecule is Cn1cc(CNC[C@H]2CN(C3CC3)CCO2)c(-c2ccncc2)n1. The Morgan fingerprint density at radius 1 is 1.29 bits per heavy atom. The fourth-order valence-corrected chi connectivity index (χ4v) is 3.42. The van der Waals surface area contributed by atoms with E-state index >= 15 is 0 Å². The monoisotopic (exact) mass is 327 g/mol. The van der Waals surface area contributed by atoms with Crippen LogP contribution in [0.4, 0.5) is 0 Å². The Morgan fingerprint density at radius 2 is 2.12 bits per heavy atom. The molecule has 4 rings (SSSR count). The number of hydrogen-bond acceptors (Lipinski definition) is 5. The first-order valence-corrected chi connectivity index (χ1v) is 8.79. The standard InChI is InChI=1S/C18H25N5O/c1-22-12-15(18(21-22)14-4-6-19-7-5-14)10-20-11-17-13-23(8-9-24-17)16-2-3-16/h4-7,12,16-17,20H,2-3,8-11,13H2,1H3/t17-/m0/s1. The predicted molar refractivity (Wildman–Crippen MR) is 92.5 cm³/mol. The van der Waals surface area contributed by atoms with Gasteiger partial charge in [-0.2, -0.15) is 5.10 Å². The van der Waals surface area contributed by atoms with Gasteiger partial charge >= 0.3 is 0 Å². The van der Waals surface area contributed by atoms with Crippen LogP contribution in [0.2, 0.25) is 0 Å². The summed E-state index contributed by atoms with van der Waals surface area (Å²) >= 11 is 0. The smallest absolute Gasteiger partial charge is 0.0969 e. The van der Waals surface area contributed by atoms with E-state index in [1.165, 1.54) is 18.4 Å². The first-order valence-electron chi connectivity index (χ1n) is 8.79. The Bertz CT molecular complexity index is 667. The van der Waals surface area contributed by atoms with Gasteiger partial charge in [0.2, 0.25) is 0 Å². The van der Waals surface area contributed by atoms with Crippen LogP contribution in [0.25, 0.3) is 11.3 Å². The molecule has 6 heteroatoms. The predicted octanol–water partition coefficient (Wildman–Crippen LogP) is 1.43. The van der Waals surface area contributed by atoms with Crippen LogP contribution >= 0.6 is 0 Å². The van der Waals surface area contributed by atoms with E-state index in [0.29, 0.717) is 6.10 Å². The Balaban J connectivity index is 1.34. The Morgan fingerprint density at radius 3 is 2.92 bits per heavy atom. The molecule has 2 aromatic heterocycles. The fourth-order valence-electron chi connectivity index (χ4n) is 3.42. The van der Waals surface area contributed by atoms with Gasteiger partial charge in [-0.1, -0.05) is 0 Å². The molecule has 1 N–H and O–H groups in total. The van der Waals surface area contributed by atoms with Gasteiger partial charge in [0, 0.05) is 69.0 Å². The van der Waals surface area contributed by atoms with Crippen LogP contribution in [0.1, 0.15) is 18.4 Å². The third-order valence-electron chi connectivity index (χ3n) is 4.78. The molecule has 2 fully saturated rings. The molecule has 1 atom stereocenters. The molecular formula is C18H25N5O. The molecule has 1 aliphatic carbocycles. The molecule has 3 heterocycles. The van der Waals surface area contributed by atoms with E-state index in [-0.39, 0.29) is 0 Å². The van der Waals surface area contributed by atoms with Crippen LogP contribution < -0.4 is 5.32 Å². The van der Waals surface area contributed by atoms with Crippen molar-refractivity contribution in [2.45, 2.75) is 31.5 Å². The number of ether oxygens (including phenoxy) is 1. The van der Waals surface area contributed by atoms with Crippen molar-refractivity contribution in [3.05, 3.63) is 36.3 Å². The highest BCUT2D eigenvalue weighted by Crippen LogP contribution is 2.28. The van der Waals surface area contributed by atoms with E-state index in [9.17, 15) is 0 Å². The van der Waals surface area contributed by atoms with Gasteiger partial charge in [-0.05, 0) is 25.0 Å². The molecule has 1 saturated heterocycles. The fraction of sp³-hybridized carbons (Fsp3) is 0.556. The molecule has 1 saturated carbocycles. The van der Waals surface area contributed by atoms with Gasteiger partial charge in [-0.3, -0.25) is 14.6 Å². The molecule has 1 aliphatic heterocycles. The zero-order valence-electron chi connectivity index (χ0n) is 14.2. The molecule has 0 spiro atoms. The van der Waals surface area contributed by atoms with Gasteiger partial charge in [0.1, 0.15) is 0 Å². The summed E-state index contributed by atoms with van der Waals surface area (Å²) < 4.78 is 7.78. The Labute approximate surface area is 142 Å². The largest absolute Gasteiger partial charge is 0.374 e. The van der Waals surface area contributed by atoms with Crippen molar-refractivity contribution in [2.24, 2.45) is 7.05 Å². The average molecular weight is 327 g/mol. The molecule has 2 aromatic rings. The molecule has 0 amide bonds. The van der Waals surface area contributed by atoms with E-state index in [2.05, 4.69) is 26.5 Å². The van der Waals surface area contributed by atoms with Crippen LogP contribution in [0, 0.1) is 0 Å². The minimum atomic E-state index is 0.292. The molecule has 6 nitrogen and oxygen atoms in total. The molecule has 0 radical (unpaired) electrons. The van der Waals surface area contributed by atoms with Crippen LogP contribution in [-0.4, -0.2) is 58.1 Å². The third-order valence-corrected chi connectivity index (χ3v) is 4.78. The van der Waals surface area contributed by atoms with Crippen molar-refractivity contribution in [3.8, 4) is 11.3 Å². The summed E-state index contributed by atoms with van der Waals surface area (Å²) in [6.45, 7) is 4.69. The second-order valence-corrected chi connectivity index (χ2v) is 6.76. The molecule has 2 aliphatic rings. The van der Waals surface area contributed by atoms with Crippen LogP contribution in [0.5, 0.6) is 0 Å². The maximum atomic E-state index is 5.91. The second kappa shape index (κ2) is 7.01. The summed E-state index contributed by atoms with van der Waals surface area (Å²) in [5.41, 5.74) is 3.34. The lowest BCUT2D eigenvalue weighted by Gasteiger charge is -2.33. The van der Waals surface area contributed by atoms with Crippen LogP contribution in [0.15, 0.2) is 30.7 Å². The first-order chi connectivity index (χ1) is 11.8. The number of morpholine rings is 1. The first kappa shape index (κ1) is 15.7. The normalized spacial score (nSPS) is 22.0. The summed E-state index contributed by atoms with van der Waals surface area (Å²) in [5, 5.41) is 8.15. The van der Waals surface area contributed by atoms with Gasteiger partial charge in [0.05, 0.1) is 18.4 Å². The summed E-state index contributed by atoms with van der Waals surface area (Å²) in [4.78, 5) is 6.67. The van der Waals surface area contributed by atoms with E-state index in [1.54, 1.807) is 0 Å². The number of nitrogens with one attached hydrogen (secondary N) is 1. The van der Waals surface area contributed by atoms with Crippen LogP contribution in [0.3, 0.4) is 0 Å². The van der Waals surface area contributed by atoms with Crippen LogP contribution in [-0.2, 0) is 18.3 Å². The number of pyridine rings is 1. The zero-order chi connectivity index (χ0) is 16.4. The van der Waals surface area contributed by atoms with E-state index < -0.39 is 0 Å². The van der Waals surface area contributed by atoms with Gasteiger partial charge in [-0.25, -0.2) is 0 Å². The maximum Gasteiger partial charge on any atom is 0.0969 e. The van der Waals surface area contributed by atoms with Gasteiger partial charge < -0.3 is 10.1 Å². The summed E-state index contributed by atoms with van der Waals surface area (Å²) in [6, 6.07) is 4.83. The molecule has 0 bridgehead atoms. The van der Waals surface area contributed by atoms with Gasteiger partial charge in [0.15, 0.2) is 0 Å². The minimum Gasteiger partial charge on any atom is -0.374 e. The van der Waals surface area contributed by atoms with Crippen molar-refractivity contribution in [1.82, 2.24) is 25.0 Å². The third kappa shape index (κ3) is 3.66. The molecule has 0 unspecified atom stereocenters. The van der Waals surface area contributed by atoms with Gasteiger partial charge in [0.25, 0.3) is 0 Å². The highest BCUT2D eigenvalue weighted by atomic mass is 16.5. The number of hydrogen-bond donors (Lipinski definition) is 1. The van der Waals surface area contributed by atoms with Crippen molar-refractivity contribution in [3.63, 3.8) is 0 Å². The summed E-state index contributed by atoms with van der Waals surface area (Å²) in [6.07, 6.45) is 8.73. The molecule has 0 aromatic carbocycles. The second-order valence-electron chi connectivity index (χ2n) is 6.76. The lowest BCUT2D eigenvalue weighted by Crippen LogP contribution is -2.47. The summed E-state index contributed by atoms with van der Waals surface area (Å²) in [5.74, 6) is 0. The Kier molecular flexibility index (Phi) is 4.60. The quantitative estimate of drug-likeness (QED) is 0.870. The molecule has 24 heavy (non-hydrogen) atoms. The molecular weight excluding hydrogens is 302 g/mol. The number of rotatable bonds is 6. The number of nitrogens with zero attached hydrogens (tertiary/aromatic N) is 4. The van der Waals surface area contributed by atoms with E-state index in [0.717, 1.165) is 50.1 Å². The summed E-state index contributed by atoms with van der Waals surface area (Å²) in [7, 11) is 1.96. The average Bonchev–Trinajstić information content (AvgIpc) is 3.39. The highest BCUT2D eigenvalue weighted by molar-refractivity contribution is 5.61. The lowest BCUT2D eigenvalue weighted by atomic mass is 10.1. The van der Waals surface area contributed by atoms with Crippen molar-refractivity contribution < 1.29 is 4.74 Å². The van der Waals surface area contributed by atoms with Crippen molar-refractivity contribution in [1.29, 1.82) is 0 Å². The van der Waals surface area contributed by atoms with Crippen molar-refractivity contribution >= 4 is 0 Å². The number of aryl methyl sites for hydroxylation is 1. The van der Waals surface area contributed by atoms with Crippen molar-refractivity contribution in [2.75, 3.05) is 26.2 Å². The van der Waals surface area contributed by atoms with Gasteiger partial charge in [-0.15, -0.1) is 0 Å². The lowest BCUT2D eigenvalue weighted by molar-refractivity contribution is -0.0301. The number of aromatic nitrogens is 3. The highest BCUT2D eigenvalue weighted by Gasteiger charge is 2.32.